The van der Waals surface area contributed by atoms with Crippen LogP contribution in [0.3, 0.4) is 0 Å². The molecule has 1 aromatic carbocycles. The van der Waals surface area contributed by atoms with Crippen molar-refractivity contribution in [2.75, 3.05) is 11.9 Å². The van der Waals surface area contributed by atoms with Crippen LogP contribution in [0.25, 0.3) is 0 Å². The molecule has 1 aliphatic rings. The number of benzene rings is 1. The quantitative estimate of drug-likeness (QED) is 0.630. The molecule has 0 unspecified atom stereocenters. The molecule has 0 radical (unpaired) electrons. The number of rotatable bonds is 1. The number of hydrogen-bond acceptors (Lipinski definition) is 2. The number of anilines is 1. The largest absolute Gasteiger partial charge is 0.384 e. The highest BCUT2D eigenvalue weighted by Crippen LogP contribution is 2.40. The summed E-state index contributed by atoms with van der Waals surface area (Å²) >= 11 is 0. The lowest BCUT2D eigenvalue weighted by atomic mass is 9.87. The Morgan fingerprint density at radius 3 is 2.67 bits per heavy atom. The Hall–Kier alpha value is -0.830. The molecule has 1 heterocycles. The van der Waals surface area contributed by atoms with Crippen molar-refractivity contribution in [1.29, 1.82) is 0 Å². The molecule has 2 rings (SSSR count). The van der Waals surface area contributed by atoms with Crippen LogP contribution in [0.2, 0.25) is 0 Å². The van der Waals surface area contributed by atoms with Crippen LogP contribution in [0.5, 0.6) is 0 Å². The maximum absolute atomic E-state index is 11.1. The van der Waals surface area contributed by atoms with E-state index in [0.29, 0.717) is 0 Å². The Morgan fingerprint density at radius 2 is 2.07 bits per heavy atom. The SMILES string of the molecule is CC1(C)CNc2ccc(P(=O)(O)O)cc21. The van der Waals surface area contributed by atoms with Crippen molar-refractivity contribution in [2.45, 2.75) is 19.3 Å². The molecule has 1 aliphatic heterocycles. The van der Waals surface area contributed by atoms with E-state index < -0.39 is 7.60 Å². The number of fused-ring (bicyclic) bond motifs is 1. The molecule has 0 aliphatic carbocycles. The molecule has 0 fully saturated rings. The van der Waals surface area contributed by atoms with Gasteiger partial charge in [-0.05, 0) is 23.8 Å². The second-order valence-electron chi connectivity index (χ2n) is 4.51. The molecule has 1 aromatic rings. The highest BCUT2D eigenvalue weighted by molar-refractivity contribution is 7.60. The normalized spacial score (nSPS) is 18.4. The predicted octanol–water partition coefficient (Wildman–Crippen LogP) is 1.19. The van der Waals surface area contributed by atoms with Gasteiger partial charge in [0.25, 0.3) is 0 Å². The van der Waals surface area contributed by atoms with Crippen molar-refractivity contribution < 1.29 is 14.4 Å². The van der Waals surface area contributed by atoms with Gasteiger partial charge in [0.1, 0.15) is 0 Å². The van der Waals surface area contributed by atoms with Gasteiger partial charge in [-0.15, -0.1) is 0 Å². The summed E-state index contributed by atoms with van der Waals surface area (Å²) in [6.45, 7) is 4.90. The van der Waals surface area contributed by atoms with Crippen molar-refractivity contribution in [2.24, 2.45) is 0 Å². The minimum absolute atomic E-state index is 0.0689. The number of hydrogen-bond donors (Lipinski definition) is 3. The van der Waals surface area contributed by atoms with E-state index in [0.717, 1.165) is 17.8 Å². The van der Waals surface area contributed by atoms with Gasteiger partial charge in [0.2, 0.25) is 0 Å². The third kappa shape index (κ3) is 1.81. The Labute approximate surface area is 88.5 Å². The van der Waals surface area contributed by atoms with Gasteiger partial charge in [0.15, 0.2) is 0 Å². The molecule has 0 saturated heterocycles. The Morgan fingerprint density at radius 1 is 1.40 bits per heavy atom. The molecule has 15 heavy (non-hydrogen) atoms. The van der Waals surface area contributed by atoms with Crippen molar-refractivity contribution >= 4 is 18.6 Å². The average Bonchev–Trinajstić information content (AvgIpc) is 2.41. The van der Waals surface area contributed by atoms with Crippen LogP contribution in [0.1, 0.15) is 19.4 Å². The van der Waals surface area contributed by atoms with E-state index in [9.17, 15) is 4.57 Å². The summed E-state index contributed by atoms with van der Waals surface area (Å²) in [4.78, 5) is 18.2. The first kappa shape index (κ1) is 10.7. The molecular weight excluding hydrogens is 213 g/mol. The highest BCUT2D eigenvalue weighted by atomic mass is 31.2. The maximum Gasteiger partial charge on any atom is 0.356 e. The van der Waals surface area contributed by atoms with Gasteiger partial charge in [-0.25, -0.2) is 0 Å². The minimum Gasteiger partial charge on any atom is -0.384 e. The van der Waals surface area contributed by atoms with E-state index in [-0.39, 0.29) is 10.7 Å². The van der Waals surface area contributed by atoms with Gasteiger partial charge in [0.05, 0.1) is 5.30 Å². The Balaban J connectivity index is 2.56. The van der Waals surface area contributed by atoms with Crippen LogP contribution < -0.4 is 10.6 Å². The Bertz CT molecular complexity index is 450. The topological polar surface area (TPSA) is 69.6 Å². The van der Waals surface area contributed by atoms with Gasteiger partial charge < -0.3 is 15.1 Å². The maximum atomic E-state index is 11.1. The first-order chi connectivity index (χ1) is 6.81. The summed E-state index contributed by atoms with van der Waals surface area (Å²) in [7, 11) is -4.13. The van der Waals surface area contributed by atoms with Crippen LogP contribution in [0.4, 0.5) is 5.69 Å². The first-order valence-corrected chi connectivity index (χ1v) is 6.36. The van der Waals surface area contributed by atoms with Crippen LogP contribution in [-0.2, 0) is 9.98 Å². The van der Waals surface area contributed by atoms with Crippen LogP contribution in [0, 0.1) is 0 Å². The van der Waals surface area contributed by atoms with Gasteiger partial charge in [-0.2, -0.15) is 0 Å². The van der Waals surface area contributed by atoms with Crippen molar-refractivity contribution in [1.82, 2.24) is 0 Å². The second kappa shape index (κ2) is 3.08. The van der Waals surface area contributed by atoms with Gasteiger partial charge in [-0.1, -0.05) is 13.8 Å². The fourth-order valence-corrected chi connectivity index (χ4v) is 2.40. The smallest absolute Gasteiger partial charge is 0.356 e. The van der Waals surface area contributed by atoms with Crippen molar-refractivity contribution in [3.05, 3.63) is 23.8 Å². The first-order valence-electron chi connectivity index (χ1n) is 4.75. The third-order valence-corrected chi connectivity index (χ3v) is 3.74. The van der Waals surface area contributed by atoms with E-state index in [4.69, 9.17) is 9.79 Å². The second-order valence-corrected chi connectivity index (χ2v) is 6.12. The molecule has 0 amide bonds. The van der Waals surface area contributed by atoms with E-state index in [1.54, 1.807) is 12.1 Å². The standard InChI is InChI=1S/C10H14NO3P/c1-10(2)6-11-9-4-3-7(5-8(9)10)15(12,13)14/h3-5,11H,6H2,1-2H3,(H2,12,13,14). The van der Waals surface area contributed by atoms with E-state index in [1.807, 2.05) is 0 Å². The molecule has 82 valence electrons. The van der Waals surface area contributed by atoms with Crippen molar-refractivity contribution in [3.63, 3.8) is 0 Å². The summed E-state index contributed by atoms with van der Waals surface area (Å²) in [5, 5.41) is 3.31. The summed E-state index contributed by atoms with van der Waals surface area (Å²) in [6, 6.07) is 4.82. The molecule has 0 spiro atoms. The van der Waals surface area contributed by atoms with Crippen LogP contribution >= 0.6 is 7.60 Å². The molecule has 3 N–H and O–H groups in total. The van der Waals surface area contributed by atoms with E-state index in [2.05, 4.69) is 19.2 Å². The molecule has 0 aromatic heterocycles. The zero-order valence-electron chi connectivity index (χ0n) is 8.69. The monoisotopic (exact) mass is 227 g/mol. The summed E-state index contributed by atoms with van der Waals surface area (Å²) in [5.41, 5.74) is 1.88. The molecule has 0 bridgehead atoms. The summed E-state index contributed by atoms with van der Waals surface area (Å²) in [5.74, 6) is 0. The van der Waals surface area contributed by atoms with Crippen LogP contribution in [0.15, 0.2) is 18.2 Å². The third-order valence-electron chi connectivity index (χ3n) is 2.79. The fourth-order valence-electron chi connectivity index (χ4n) is 1.84. The van der Waals surface area contributed by atoms with Gasteiger partial charge >= 0.3 is 7.60 Å². The minimum atomic E-state index is -4.13. The lowest BCUT2D eigenvalue weighted by Gasteiger charge is -2.17. The summed E-state index contributed by atoms with van der Waals surface area (Å²) < 4.78 is 11.1. The van der Waals surface area contributed by atoms with E-state index >= 15 is 0 Å². The molecule has 5 heteroatoms. The zero-order valence-corrected chi connectivity index (χ0v) is 9.58. The molecular formula is C10H14NO3P. The lowest BCUT2D eigenvalue weighted by molar-refractivity contribution is 0.387. The summed E-state index contributed by atoms with van der Waals surface area (Å²) in [6.07, 6.45) is 0. The highest BCUT2D eigenvalue weighted by Gasteiger charge is 2.31. The van der Waals surface area contributed by atoms with Gasteiger partial charge in [-0.3, -0.25) is 4.57 Å². The zero-order chi connectivity index (χ0) is 11.3. The van der Waals surface area contributed by atoms with Crippen molar-refractivity contribution in [3.8, 4) is 0 Å². The number of nitrogens with one attached hydrogen (secondary N) is 1. The molecule has 4 nitrogen and oxygen atoms in total. The van der Waals surface area contributed by atoms with Crippen LogP contribution in [-0.4, -0.2) is 16.3 Å². The predicted molar refractivity (Wildman–Crippen MR) is 59.6 cm³/mol. The Kier molecular flexibility index (Phi) is 2.19. The van der Waals surface area contributed by atoms with Gasteiger partial charge in [0, 0.05) is 17.6 Å². The van der Waals surface area contributed by atoms with E-state index in [1.165, 1.54) is 6.07 Å². The fraction of sp³-hybridized carbons (Fsp3) is 0.400. The molecule has 0 saturated carbocycles. The molecule has 0 atom stereocenters. The average molecular weight is 227 g/mol. The lowest BCUT2D eigenvalue weighted by Crippen LogP contribution is -2.20.